The van der Waals surface area contributed by atoms with Gasteiger partial charge in [0.25, 0.3) is 11.9 Å². The van der Waals surface area contributed by atoms with E-state index in [1.807, 2.05) is 0 Å². The predicted molar refractivity (Wildman–Crippen MR) is 63.6 cm³/mol. The molecule has 10 heteroatoms. The van der Waals surface area contributed by atoms with E-state index in [4.69, 9.17) is 0 Å². The summed E-state index contributed by atoms with van der Waals surface area (Å²) in [5.41, 5.74) is -1.07. The van der Waals surface area contributed by atoms with Gasteiger partial charge in [-0.3, -0.25) is 4.79 Å². The van der Waals surface area contributed by atoms with Crippen LogP contribution in [-0.2, 0) is 20.5 Å². The number of Topliss-reactive ketones (excluding diaryl/α,β-unsaturated/α-hetero) is 1. The van der Waals surface area contributed by atoms with Gasteiger partial charge in [-0.05, 0) is 31.2 Å². The highest BCUT2D eigenvalue weighted by Gasteiger charge is 2.48. The number of hydrogen-bond donors (Lipinski definition) is 0. The van der Waals surface area contributed by atoms with E-state index < -0.39 is 41.5 Å². The Kier molecular flexibility index (Phi) is 5.62. The van der Waals surface area contributed by atoms with Crippen molar-refractivity contribution in [3.05, 3.63) is 29.8 Å². The second kappa shape index (κ2) is 6.88. The summed E-state index contributed by atoms with van der Waals surface area (Å²) in [6, 6.07) is 2.46. The van der Waals surface area contributed by atoms with Crippen molar-refractivity contribution in [3.63, 3.8) is 0 Å². The molecule has 1 unspecified atom stereocenters. The predicted octanol–water partition coefficient (Wildman–Crippen LogP) is 3.15. The van der Waals surface area contributed by atoms with Gasteiger partial charge >= 0.3 is 18.3 Å². The third kappa shape index (κ3) is 5.15. The molecule has 0 aliphatic rings. The first kappa shape index (κ1) is 18.8. The third-order valence-corrected chi connectivity index (χ3v) is 2.45. The van der Waals surface area contributed by atoms with Gasteiger partial charge in [0.05, 0.1) is 12.2 Å². The number of hydrogen-bond acceptors (Lipinski definition) is 4. The van der Waals surface area contributed by atoms with Crippen LogP contribution in [0.4, 0.5) is 26.3 Å². The van der Waals surface area contributed by atoms with E-state index >= 15 is 0 Å². The fourth-order valence-corrected chi connectivity index (χ4v) is 1.43. The molecule has 0 bridgehead atoms. The highest BCUT2D eigenvalue weighted by molar-refractivity contribution is 6.05. The fraction of sp³-hybridized carbons (Fsp3) is 0.385. The molecule has 1 rings (SSSR count). The second-order valence-corrected chi connectivity index (χ2v) is 4.13. The average molecular weight is 344 g/mol. The van der Waals surface area contributed by atoms with Gasteiger partial charge in [-0.1, -0.05) is 0 Å². The number of alkyl halides is 6. The number of benzene rings is 1. The van der Waals surface area contributed by atoms with E-state index in [-0.39, 0.29) is 6.61 Å². The van der Waals surface area contributed by atoms with Crippen molar-refractivity contribution in [1.29, 1.82) is 0 Å². The van der Waals surface area contributed by atoms with Crippen molar-refractivity contribution in [1.82, 2.24) is 0 Å². The van der Waals surface area contributed by atoms with Crippen LogP contribution in [0, 0.1) is 0 Å². The Hall–Kier alpha value is -2.26. The van der Waals surface area contributed by atoms with Gasteiger partial charge in [0, 0.05) is 0 Å². The Balaban J connectivity index is 3.01. The number of carbonyl (C=O) groups is 2. The molecule has 0 aliphatic heterocycles. The van der Waals surface area contributed by atoms with Crippen LogP contribution < -0.4 is 4.74 Å². The molecule has 1 atom stereocenters. The third-order valence-electron chi connectivity index (χ3n) is 2.45. The van der Waals surface area contributed by atoms with Crippen molar-refractivity contribution < 1.29 is 45.4 Å². The average Bonchev–Trinajstić information content (AvgIpc) is 2.42. The van der Waals surface area contributed by atoms with Crippen molar-refractivity contribution in [3.8, 4) is 5.75 Å². The van der Waals surface area contributed by atoms with E-state index in [9.17, 15) is 35.9 Å². The molecule has 0 N–H and O–H groups in total. The first-order valence-electron chi connectivity index (χ1n) is 6.08. The zero-order valence-corrected chi connectivity index (χ0v) is 11.5. The summed E-state index contributed by atoms with van der Waals surface area (Å²) in [5.74, 6) is -4.63. The smallest absolute Gasteiger partial charge is 0.454 e. The minimum absolute atomic E-state index is 0.309. The van der Waals surface area contributed by atoms with E-state index in [1.54, 1.807) is 0 Å². The molecule has 0 fully saturated rings. The Morgan fingerprint density at radius 1 is 1.04 bits per heavy atom. The molecule has 0 amide bonds. The largest absolute Gasteiger partial charge is 0.470 e. The molecule has 1 aromatic carbocycles. The summed E-state index contributed by atoms with van der Waals surface area (Å²) in [5, 5.41) is 0. The molecular weight excluding hydrogens is 334 g/mol. The minimum atomic E-state index is -5.37. The van der Waals surface area contributed by atoms with Crippen molar-refractivity contribution in [2.24, 2.45) is 0 Å². The summed E-state index contributed by atoms with van der Waals surface area (Å²) in [6.07, 6.45) is -12.7. The zero-order chi connectivity index (χ0) is 17.8. The van der Waals surface area contributed by atoms with E-state index in [0.29, 0.717) is 24.3 Å². The number of halogens is 6. The van der Waals surface area contributed by atoms with Crippen LogP contribution >= 0.6 is 0 Å². The lowest BCUT2D eigenvalue weighted by molar-refractivity contribution is -0.184. The Bertz CT molecular complexity index is 561. The highest BCUT2D eigenvalue weighted by Crippen LogP contribution is 2.31. The maximum atomic E-state index is 12.4. The van der Waals surface area contributed by atoms with Crippen molar-refractivity contribution >= 4 is 11.8 Å². The molecule has 128 valence electrons. The lowest BCUT2D eigenvalue weighted by atomic mass is 10.2. The Morgan fingerprint density at radius 2 is 1.57 bits per heavy atom. The second-order valence-electron chi connectivity index (χ2n) is 4.13. The standard InChI is InChI=1S/C13H10F6O4/c1-2-22-11(21)9(10(20)13(17,18)19)23-8-5-3-7(4-6-8)12(14,15)16/h3-6,9H,2H2,1H3. The van der Waals surface area contributed by atoms with Crippen LogP contribution in [0.2, 0.25) is 0 Å². The molecule has 4 nitrogen and oxygen atoms in total. The summed E-state index contributed by atoms with van der Waals surface area (Å²) in [7, 11) is 0. The molecule has 23 heavy (non-hydrogen) atoms. The molecule has 0 spiro atoms. The normalized spacial score (nSPS) is 13.3. The summed E-state index contributed by atoms with van der Waals surface area (Å²) in [4.78, 5) is 22.6. The van der Waals surface area contributed by atoms with E-state index in [0.717, 1.165) is 0 Å². The van der Waals surface area contributed by atoms with Gasteiger partial charge in [-0.2, -0.15) is 26.3 Å². The van der Waals surface area contributed by atoms with Crippen LogP contribution in [0.1, 0.15) is 12.5 Å². The lowest BCUT2D eigenvalue weighted by Crippen LogP contribution is -2.44. The molecular formula is C13H10F6O4. The number of ether oxygens (including phenoxy) is 2. The van der Waals surface area contributed by atoms with Crippen LogP contribution in [0.25, 0.3) is 0 Å². The first-order chi connectivity index (χ1) is 10.5. The van der Waals surface area contributed by atoms with E-state index in [1.165, 1.54) is 6.92 Å². The first-order valence-corrected chi connectivity index (χ1v) is 6.08. The van der Waals surface area contributed by atoms with E-state index in [2.05, 4.69) is 9.47 Å². The highest BCUT2D eigenvalue weighted by atomic mass is 19.4. The summed E-state index contributed by atoms with van der Waals surface area (Å²) < 4.78 is 83.3. The van der Waals surface area contributed by atoms with Crippen molar-refractivity contribution in [2.45, 2.75) is 25.4 Å². The molecule has 0 aromatic heterocycles. The summed E-state index contributed by atoms with van der Waals surface area (Å²) >= 11 is 0. The number of rotatable bonds is 5. The molecule has 0 saturated heterocycles. The van der Waals surface area contributed by atoms with Crippen LogP contribution in [-0.4, -0.2) is 30.6 Å². The van der Waals surface area contributed by atoms with Crippen molar-refractivity contribution in [2.75, 3.05) is 6.61 Å². The minimum Gasteiger partial charge on any atom is -0.470 e. The Labute approximate surface area is 126 Å². The molecule has 0 heterocycles. The fourth-order valence-electron chi connectivity index (χ4n) is 1.43. The quantitative estimate of drug-likeness (QED) is 0.468. The molecule has 0 saturated carbocycles. The molecule has 1 aromatic rings. The number of ketones is 1. The topological polar surface area (TPSA) is 52.6 Å². The molecule has 0 radical (unpaired) electrons. The SMILES string of the molecule is CCOC(=O)C(Oc1ccc(C(F)(F)F)cc1)C(=O)C(F)(F)F. The zero-order valence-electron chi connectivity index (χ0n) is 11.5. The maximum absolute atomic E-state index is 12.4. The van der Waals surface area contributed by atoms with Gasteiger partial charge in [0.2, 0.25) is 0 Å². The number of carbonyl (C=O) groups excluding carboxylic acids is 2. The van der Waals surface area contributed by atoms with Crippen LogP contribution in [0.3, 0.4) is 0 Å². The number of esters is 1. The van der Waals surface area contributed by atoms with Gasteiger partial charge < -0.3 is 9.47 Å². The Morgan fingerprint density at radius 3 is 1.96 bits per heavy atom. The van der Waals surface area contributed by atoms with Crippen LogP contribution in [0.15, 0.2) is 24.3 Å². The monoisotopic (exact) mass is 344 g/mol. The van der Waals surface area contributed by atoms with Crippen LogP contribution in [0.5, 0.6) is 5.75 Å². The van der Waals surface area contributed by atoms with Gasteiger partial charge in [0.1, 0.15) is 5.75 Å². The molecule has 0 aliphatic carbocycles. The maximum Gasteiger partial charge on any atom is 0.454 e. The summed E-state index contributed by atoms with van der Waals surface area (Å²) in [6.45, 7) is 0.988. The lowest BCUT2D eigenvalue weighted by Gasteiger charge is -2.18. The van der Waals surface area contributed by atoms with Gasteiger partial charge in [-0.25, -0.2) is 4.79 Å². The van der Waals surface area contributed by atoms with Gasteiger partial charge in [-0.15, -0.1) is 0 Å². The van der Waals surface area contributed by atoms with Gasteiger partial charge in [0.15, 0.2) is 0 Å².